The molecular formula is C25H20N2O4. The maximum atomic E-state index is 9.88. The van der Waals surface area contributed by atoms with Gasteiger partial charge in [0.2, 0.25) is 12.7 Å². The smallest absolute Gasteiger partial charge is 0.231 e. The van der Waals surface area contributed by atoms with Crippen molar-refractivity contribution in [3.63, 3.8) is 0 Å². The van der Waals surface area contributed by atoms with Gasteiger partial charge in [-0.1, -0.05) is 48.0 Å². The lowest BCUT2D eigenvalue weighted by molar-refractivity contribution is 0.174. The number of nitriles is 1. The Morgan fingerprint density at radius 1 is 1.00 bits per heavy atom. The van der Waals surface area contributed by atoms with Crippen LogP contribution in [0.2, 0.25) is 0 Å². The van der Waals surface area contributed by atoms with Gasteiger partial charge >= 0.3 is 0 Å². The van der Waals surface area contributed by atoms with Crippen LogP contribution in [0.3, 0.4) is 0 Å². The van der Waals surface area contributed by atoms with E-state index in [1.165, 1.54) is 5.56 Å². The highest BCUT2D eigenvalue weighted by Crippen LogP contribution is 2.49. The number of nitrogens with zero attached hydrogens (tertiary/aromatic N) is 1. The molecule has 1 atom stereocenters. The quantitative estimate of drug-likeness (QED) is 0.678. The van der Waals surface area contributed by atoms with Crippen LogP contribution in [-0.4, -0.2) is 6.79 Å². The van der Waals surface area contributed by atoms with E-state index in [2.05, 4.69) is 12.1 Å². The number of nitrogens with two attached hydrogens (primary N) is 1. The van der Waals surface area contributed by atoms with Gasteiger partial charge in [-0.05, 0) is 24.6 Å². The monoisotopic (exact) mass is 412 g/mol. The molecule has 6 nitrogen and oxygen atoms in total. The van der Waals surface area contributed by atoms with Gasteiger partial charge in [-0.15, -0.1) is 0 Å². The fourth-order valence-electron chi connectivity index (χ4n) is 3.98. The number of hydrogen-bond acceptors (Lipinski definition) is 6. The van der Waals surface area contributed by atoms with Gasteiger partial charge in [-0.2, -0.15) is 5.26 Å². The second-order valence-electron chi connectivity index (χ2n) is 7.48. The Morgan fingerprint density at radius 3 is 2.61 bits per heavy atom. The molecule has 3 aromatic rings. The fourth-order valence-corrected chi connectivity index (χ4v) is 3.98. The zero-order valence-electron chi connectivity index (χ0n) is 16.9. The molecule has 0 aliphatic carbocycles. The van der Waals surface area contributed by atoms with Crippen molar-refractivity contribution in [3.05, 3.63) is 94.4 Å². The molecule has 0 saturated heterocycles. The lowest BCUT2D eigenvalue weighted by Gasteiger charge is -2.28. The first-order valence-corrected chi connectivity index (χ1v) is 9.92. The summed E-state index contributed by atoms with van der Waals surface area (Å²) < 4.78 is 23.0. The average molecular weight is 412 g/mol. The SMILES string of the molecule is Cc1cccc(COc2ccccc2[C@H]2C(C#N)=C(N)Oc3cc4c(cc32)OCO4)c1. The summed E-state index contributed by atoms with van der Waals surface area (Å²) in [4.78, 5) is 0. The minimum Gasteiger partial charge on any atom is -0.489 e. The molecule has 3 aromatic carbocycles. The topological polar surface area (TPSA) is 86.7 Å². The van der Waals surface area contributed by atoms with E-state index in [1.54, 1.807) is 6.07 Å². The van der Waals surface area contributed by atoms with E-state index in [0.29, 0.717) is 35.2 Å². The molecule has 0 fully saturated rings. The Kier molecular flexibility index (Phi) is 4.64. The summed E-state index contributed by atoms with van der Waals surface area (Å²) in [6, 6.07) is 21.7. The van der Waals surface area contributed by atoms with E-state index in [9.17, 15) is 5.26 Å². The standard InChI is InChI=1S/C25H20N2O4/c1-15-5-4-6-16(9-15)13-28-20-8-3-2-7-17(20)24-18-10-22-23(30-14-29-22)11-21(18)31-25(27)19(24)12-26/h2-11,24H,13-14,27H2,1H3/t24-/m1/s1. The highest BCUT2D eigenvalue weighted by atomic mass is 16.7. The molecule has 6 heteroatoms. The molecule has 0 spiro atoms. The molecule has 2 aliphatic heterocycles. The van der Waals surface area contributed by atoms with Crippen molar-refractivity contribution in [2.24, 2.45) is 5.73 Å². The summed E-state index contributed by atoms with van der Waals surface area (Å²) in [5.41, 5.74) is 10.3. The summed E-state index contributed by atoms with van der Waals surface area (Å²) >= 11 is 0. The van der Waals surface area contributed by atoms with Gasteiger partial charge in [0.15, 0.2) is 11.5 Å². The molecule has 154 valence electrons. The van der Waals surface area contributed by atoms with Gasteiger partial charge in [-0.3, -0.25) is 0 Å². The third-order valence-electron chi connectivity index (χ3n) is 5.42. The van der Waals surface area contributed by atoms with E-state index < -0.39 is 5.92 Å². The van der Waals surface area contributed by atoms with Crippen molar-refractivity contribution >= 4 is 0 Å². The predicted octanol–water partition coefficient (Wildman–Crippen LogP) is 4.52. The second kappa shape index (κ2) is 7.62. The lowest BCUT2D eigenvalue weighted by atomic mass is 9.83. The Balaban J connectivity index is 1.57. The van der Waals surface area contributed by atoms with Crippen molar-refractivity contribution in [2.75, 3.05) is 6.79 Å². The normalized spacial score (nSPS) is 16.3. The Morgan fingerprint density at radius 2 is 1.81 bits per heavy atom. The first kappa shape index (κ1) is 18.9. The van der Waals surface area contributed by atoms with Gasteiger partial charge < -0.3 is 24.7 Å². The lowest BCUT2D eigenvalue weighted by Crippen LogP contribution is -2.21. The summed E-state index contributed by atoms with van der Waals surface area (Å²) in [5.74, 6) is 2.06. The number of allylic oxidation sites excluding steroid dienone is 1. The van der Waals surface area contributed by atoms with Gasteiger partial charge in [0, 0.05) is 17.2 Å². The summed E-state index contributed by atoms with van der Waals surface area (Å²) in [5, 5.41) is 9.88. The van der Waals surface area contributed by atoms with E-state index >= 15 is 0 Å². The van der Waals surface area contributed by atoms with Crippen LogP contribution in [0.1, 0.15) is 28.2 Å². The summed E-state index contributed by atoms with van der Waals surface area (Å²) in [6.45, 7) is 2.61. The minimum atomic E-state index is -0.447. The van der Waals surface area contributed by atoms with Crippen LogP contribution < -0.4 is 24.7 Å². The largest absolute Gasteiger partial charge is 0.489 e. The molecular weight excluding hydrogens is 392 g/mol. The molecule has 0 bridgehead atoms. The average Bonchev–Trinajstić information content (AvgIpc) is 3.23. The number of fused-ring (bicyclic) bond motifs is 2. The van der Waals surface area contributed by atoms with Crippen LogP contribution in [0.5, 0.6) is 23.0 Å². The van der Waals surface area contributed by atoms with E-state index in [4.69, 9.17) is 24.7 Å². The highest BCUT2D eigenvalue weighted by molar-refractivity contribution is 5.63. The van der Waals surface area contributed by atoms with E-state index in [-0.39, 0.29) is 12.7 Å². The van der Waals surface area contributed by atoms with Crippen molar-refractivity contribution in [3.8, 4) is 29.1 Å². The maximum absolute atomic E-state index is 9.88. The predicted molar refractivity (Wildman–Crippen MR) is 114 cm³/mol. The molecule has 0 saturated carbocycles. The van der Waals surface area contributed by atoms with E-state index in [0.717, 1.165) is 16.7 Å². The Bertz CT molecular complexity index is 1240. The summed E-state index contributed by atoms with van der Waals surface area (Å²) in [7, 11) is 0. The summed E-state index contributed by atoms with van der Waals surface area (Å²) in [6.07, 6.45) is 0. The zero-order chi connectivity index (χ0) is 21.4. The number of benzene rings is 3. The molecule has 0 amide bonds. The maximum Gasteiger partial charge on any atom is 0.231 e. The first-order chi connectivity index (χ1) is 15.1. The van der Waals surface area contributed by atoms with Gasteiger partial charge in [0.25, 0.3) is 0 Å². The van der Waals surface area contributed by atoms with Crippen molar-refractivity contribution in [1.29, 1.82) is 5.26 Å². The number of ether oxygens (including phenoxy) is 4. The number of hydrogen-bond donors (Lipinski definition) is 1. The number of rotatable bonds is 4. The zero-order valence-corrected chi connectivity index (χ0v) is 16.9. The highest BCUT2D eigenvalue weighted by Gasteiger charge is 2.34. The van der Waals surface area contributed by atoms with Crippen LogP contribution in [0.15, 0.2) is 72.1 Å². The number of para-hydroxylation sites is 1. The van der Waals surface area contributed by atoms with E-state index in [1.807, 2.05) is 55.5 Å². The molecule has 2 N–H and O–H groups in total. The van der Waals surface area contributed by atoms with Crippen molar-refractivity contribution in [1.82, 2.24) is 0 Å². The molecule has 2 aliphatic rings. The number of aryl methyl sites for hydroxylation is 1. The van der Waals surface area contributed by atoms with Crippen LogP contribution in [0.25, 0.3) is 0 Å². The van der Waals surface area contributed by atoms with Crippen LogP contribution in [0.4, 0.5) is 0 Å². The van der Waals surface area contributed by atoms with Crippen molar-refractivity contribution in [2.45, 2.75) is 19.4 Å². The van der Waals surface area contributed by atoms with Gasteiger partial charge in [-0.25, -0.2) is 0 Å². The third-order valence-corrected chi connectivity index (χ3v) is 5.42. The molecule has 5 rings (SSSR count). The molecule has 0 aromatic heterocycles. The second-order valence-corrected chi connectivity index (χ2v) is 7.48. The molecule has 31 heavy (non-hydrogen) atoms. The van der Waals surface area contributed by atoms with Crippen LogP contribution >= 0.6 is 0 Å². The van der Waals surface area contributed by atoms with Crippen LogP contribution in [-0.2, 0) is 6.61 Å². The molecule has 2 heterocycles. The van der Waals surface area contributed by atoms with Crippen LogP contribution in [0, 0.1) is 18.3 Å². The van der Waals surface area contributed by atoms with Crippen molar-refractivity contribution < 1.29 is 18.9 Å². The first-order valence-electron chi connectivity index (χ1n) is 9.92. The molecule has 0 radical (unpaired) electrons. The Hall–Kier alpha value is -4.11. The minimum absolute atomic E-state index is 0.0763. The third kappa shape index (κ3) is 3.40. The van der Waals surface area contributed by atoms with Gasteiger partial charge in [0.1, 0.15) is 29.7 Å². The van der Waals surface area contributed by atoms with Gasteiger partial charge in [0.05, 0.1) is 5.92 Å². The Labute approximate surface area is 180 Å². The molecule has 0 unspecified atom stereocenters. The fraction of sp³-hybridized carbons (Fsp3) is 0.160.